The largest absolute Gasteiger partial charge is 0.299 e. The molecule has 2 atom stereocenters. The maximum absolute atomic E-state index is 12.6. The SMILES string of the molecule is Cc1ccc(S(=O)(=O)NC[C@H]2C[C@H](OS(=O)(=O)c3ccc(C)cc3Cl)CN2C)c(Cl)c1. The minimum atomic E-state index is -4.05. The zero-order valence-corrected chi connectivity index (χ0v) is 20.4. The number of rotatable bonds is 7. The van der Waals surface area contributed by atoms with Crippen LogP contribution in [0.4, 0.5) is 0 Å². The Morgan fingerprint density at radius 3 is 2.10 bits per heavy atom. The second kappa shape index (κ2) is 9.35. The van der Waals surface area contributed by atoms with Crippen molar-refractivity contribution >= 4 is 43.3 Å². The smallest absolute Gasteiger partial charge is 0.298 e. The Hall–Kier alpha value is -1.20. The standard InChI is InChI=1S/C20H24Cl2N2O5S2/c1-13-4-6-19(17(21)8-13)30(25,26)23-11-15-10-16(12-24(15)3)29-31(27,28)20-7-5-14(2)9-18(20)22/h4-9,15-16,23H,10-12H2,1-3H3/t15-,16+/m1/s1. The van der Waals surface area contributed by atoms with Crippen LogP contribution in [0.25, 0.3) is 0 Å². The number of halogens is 2. The van der Waals surface area contributed by atoms with Crippen LogP contribution >= 0.6 is 23.2 Å². The van der Waals surface area contributed by atoms with E-state index in [0.717, 1.165) is 11.1 Å². The lowest BCUT2D eigenvalue weighted by molar-refractivity contribution is 0.215. The van der Waals surface area contributed by atoms with Gasteiger partial charge in [0.05, 0.1) is 16.1 Å². The quantitative estimate of drug-likeness (QED) is 0.578. The Labute approximate surface area is 193 Å². The zero-order chi connectivity index (χ0) is 23.0. The van der Waals surface area contributed by atoms with Crippen molar-refractivity contribution in [2.45, 2.75) is 42.2 Å². The number of hydrogen-bond acceptors (Lipinski definition) is 6. The molecule has 0 aromatic heterocycles. The molecule has 11 heteroatoms. The first-order chi connectivity index (χ1) is 14.4. The van der Waals surface area contributed by atoms with Gasteiger partial charge in [-0.3, -0.25) is 9.08 Å². The highest BCUT2D eigenvalue weighted by atomic mass is 35.5. The fourth-order valence-electron chi connectivity index (χ4n) is 3.48. The molecule has 3 rings (SSSR count). The molecule has 170 valence electrons. The van der Waals surface area contributed by atoms with Crippen LogP contribution in [-0.2, 0) is 24.3 Å². The van der Waals surface area contributed by atoms with Gasteiger partial charge in [0.1, 0.15) is 9.79 Å². The van der Waals surface area contributed by atoms with E-state index in [2.05, 4.69) is 4.72 Å². The summed E-state index contributed by atoms with van der Waals surface area (Å²) in [6, 6.07) is 9.11. The Morgan fingerprint density at radius 2 is 1.55 bits per heavy atom. The molecule has 1 heterocycles. The van der Waals surface area contributed by atoms with Gasteiger partial charge in [0, 0.05) is 19.1 Å². The van der Waals surface area contributed by atoms with Crippen molar-refractivity contribution in [1.82, 2.24) is 9.62 Å². The van der Waals surface area contributed by atoms with Crippen molar-refractivity contribution in [3.8, 4) is 0 Å². The van der Waals surface area contributed by atoms with Crippen molar-refractivity contribution in [2.24, 2.45) is 0 Å². The number of likely N-dealkylation sites (N-methyl/N-ethyl adjacent to an activating group) is 1. The lowest BCUT2D eigenvalue weighted by Gasteiger charge is -2.19. The molecule has 1 N–H and O–H groups in total. The minimum absolute atomic E-state index is 0.00445. The van der Waals surface area contributed by atoms with E-state index >= 15 is 0 Å². The molecule has 0 amide bonds. The summed E-state index contributed by atoms with van der Waals surface area (Å²) >= 11 is 12.2. The van der Waals surface area contributed by atoms with Crippen LogP contribution in [0.2, 0.25) is 10.0 Å². The Balaban J connectivity index is 1.65. The fourth-order valence-corrected chi connectivity index (χ4v) is 6.81. The number of nitrogens with one attached hydrogen (secondary N) is 1. The highest BCUT2D eigenvalue weighted by Gasteiger charge is 2.35. The predicted octanol–water partition coefficient (Wildman–Crippen LogP) is 3.37. The maximum atomic E-state index is 12.6. The van der Waals surface area contributed by atoms with Gasteiger partial charge in [-0.25, -0.2) is 13.1 Å². The molecule has 1 aliphatic rings. The summed E-state index contributed by atoms with van der Waals surface area (Å²) in [5.41, 5.74) is 1.69. The molecule has 31 heavy (non-hydrogen) atoms. The minimum Gasteiger partial charge on any atom is -0.299 e. The average molecular weight is 507 g/mol. The third-order valence-corrected chi connectivity index (χ3v) is 8.91. The van der Waals surface area contributed by atoms with Gasteiger partial charge >= 0.3 is 0 Å². The summed E-state index contributed by atoms with van der Waals surface area (Å²) < 4.78 is 58.5. The second-order valence-corrected chi connectivity index (χ2v) is 11.8. The van der Waals surface area contributed by atoms with E-state index in [4.69, 9.17) is 27.4 Å². The van der Waals surface area contributed by atoms with Gasteiger partial charge in [0.15, 0.2) is 0 Å². The number of nitrogens with zero attached hydrogens (tertiary/aromatic N) is 1. The molecule has 0 saturated carbocycles. The van der Waals surface area contributed by atoms with Crippen LogP contribution in [0.1, 0.15) is 17.5 Å². The number of likely N-dealkylation sites (tertiary alicyclic amines) is 1. The van der Waals surface area contributed by atoms with Crippen molar-refractivity contribution < 1.29 is 21.0 Å². The summed E-state index contributed by atoms with van der Waals surface area (Å²) in [4.78, 5) is 1.78. The number of hydrogen-bond donors (Lipinski definition) is 1. The van der Waals surface area contributed by atoms with Gasteiger partial charge in [-0.15, -0.1) is 0 Å². The van der Waals surface area contributed by atoms with Crippen LogP contribution in [-0.4, -0.2) is 54.0 Å². The first kappa shape index (κ1) is 24.4. The first-order valence-corrected chi connectivity index (χ1v) is 13.2. The fraction of sp³-hybridized carbons (Fsp3) is 0.400. The van der Waals surface area contributed by atoms with Crippen molar-refractivity contribution in [2.75, 3.05) is 20.1 Å². The third kappa shape index (κ3) is 5.78. The van der Waals surface area contributed by atoms with Crippen molar-refractivity contribution in [1.29, 1.82) is 0 Å². The monoisotopic (exact) mass is 506 g/mol. The Morgan fingerprint density at radius 1 is 1.00 bits per heavy atom. The van der Waals surface area contributed by atoms with Crippen LogP contribution in [0.3, 0.4) is 0 Å². The van der Waals surface area contributed by atoms with Gasteiger partial charge in [-0.1, -0.05) is 35.3 Å². The van der Waals surface area contributed by atoms with E-state index in [1.54, 1.807) is 31.3 Å². The molecule has 0 radical (unpaired) electrons. The number of benzene rings is 2. The van der Waals surface area contributed by atoms with E-state index in [1.165, 1.54) is 12.1 Å². The highest BCUT2D eigenvalue weighted by Crippen LogP contribution is 2.28. The third-order valence-electron chi connectivity index (χ3n) is 5.16. The van der Waals surface area contributed by atoms with E-state index in [1.807, 2.05) is 18.7 Å². The van der Waals surface area contributed by atoms with Gasteiger partial charge < -0.3 is 0 Å². The van der Waals surface area contributed by atoms with Crippen LogP contribution < -0.4 is 4.72 Å². The van der Waals surface area contributed by atoms with Crippen LogP contribution in [0.15, 0.2) is 46.2 Å². The van der Waals surface area contributed by atoms with E-state index in [0.29, 0.717) is 13.0 Å². The van der Waals surface area contributed by atoms with Crippen molar-refractivity contribution in [3.05, 3.63) is 57.6 Å². The molecule has 0 bridgehead atoms. The molecule has 2 aromatic rings. The highest BCUT2D eigenvalue weighted by molar-refractivity contribution is 7.89. The molecule has 0 aliphatic carbocycles. The summed E-state index contributed by atoms with van der Waals surface area (Å²) in [6.07, 6.45) is -0.284. The van der Waals surface area contributed by atoms with Gasteiger partial charge in [0.2, 0.25) is 10.0 Å². The van der Waals surface area contributed by atoms with E-state index in [-0.39, 0.29) is 32.4 Å². The van der Waals surface area contributed by atoms with E-state index in [9.17, 15) is 16.8 Å². The summed E-state index contributed by atoms with van der Waals surface area (Å²) in [6.45, 7) is 4.06. The second-order valence-electron chi connectivity index (χ2n) is 7.72. The molecule has 1 aliphatic heterocycles. The molecular weight excluding hydrogens is 483 g/mol. The average Bonchev–Trinajstić information content (AvgIpc) is 2.97. The van der Waals surface area contributed by atoms with Gasteiger partial charge in [-0.2, -0.15) is 8.42 Å². The molecule has 1 fully saturated rings. The van der Waals surface area contributed by atoms with Gasteiger partial charge in [0.25, 0.3) is 10.1 Å². The molecular formula is C20H24Cl2N2O5S2. The van der Waals surface area contributed by atoms with Crippen LogP contribution in [0, 0.1) is 13.8 Å². The predicted molar refractivity (Wildman–Crippen MR) is 121 cm³/mol. The Bertz CT molecular complexity index is 1190. The lowest BCUT2D eigenvalue weighted by Crippen LogP contribution is -2.38. The normalized spacial score (nSPS) is 20.3. The summed E-state index contributed by atoms with van der Waals surface area (Å²) in [5, 5.41) is 0.250. The topological polar surface area (TPSA) is 92.8 Å². The van der Waals surface area contributed by atoms with Gasteiger partial charge in [-0.05, 0) is 62.7 Å². The number of sulfonamides is 1. The molecule has 0 spiro atoms. The van der Waals surface area contributed by atoms with Crippen LogP contribution in [0.5, 0.6) is 0 Å². The maximum Gasteiger partial charge on any atom is 0.298 e. The number of aryl methyl sites for hydroxylation is 2. The summed E-state index contributed by atoms with van der Waals surface area (Å²) in [5.74, 6) is 0. The summed E-state index contributed by atoms with van der Waals surface area (Å²) in [7, 11) is -6.07. The lowest BCUT2D eigenvalue weighted by atomic mass is 10.2. The Kier molecular flexibility index (Phi) is 7.37. The zero-order valence-electron chi connectivity index (χ0n) is 17.3. The molecule has 2 aromatic carbocycles. The molecule has 0 unspecified atom stereocenters. The molecule has 1 saturated heterocycles. The van der Waals surface area contributed by atoms with Crippen molar-refractivity contribution in [3.63, 3.8) is 0 Å². The van der Waals surface area contributed by atoms with E-state index < -0.39 is 26.2 Å². The molecule has 7 nitrogen and oxygen atoms in total. The first-order valence-electron chi connectivity index (χ1n) is 9.54.